The molecule has 114 valence electrons. The first-order valence-corrected chi connectivity index (χ1v) is 9.30. The van der Waals surface area contributed by atoms with Gasteiger partial charge in [-0.15, -0.1) is 0 Å². The van der Waals surface area contributed by atoms with Crippen LogP contribution in [0, 0.1) is 0 Å². The number of aromatic nitrogens is 2. The summed E-state index contributed by atoms with van der Waals surface area (Å²) in [5.41, 5.74) is 0. The van der Waals surface area contributed by atoms with Crippen molar-refractivity contribution in [1.82, 2.24) is 9.97 Å². The van der Waals surface area contributed by atoms with E-state index in [2.05, 4.69) is 27.5 Å². The number of hydrogen-bond donors (Lipinski definition) is 3. The van der Waals surface area contributed by atoms with E-state index in [0.717, 1.165) is 18.8 Å². The Morgan fingerprint density at radius 2 is 1.85 bits per heavy atom. The minimum absolute atomic E-state index is 0.0403. The topological polar surface area (TPSA) is 110 Å². The molecule has 0 amide bonds. The summed E-state index contributed by atoms with van der Waals surface area (Å²) in [6.07, 6.45) is 3.36. The zero-order valence-corrected chi connectivity index (χ0v) is 13.4. The van der Waals surface area contributed by atoms with Crippen molar-refractivity contribution in [3.8, 4) is 0 Å². The van der Waals surface area contributed by atoms with Crippen molar-refractivity contribution in [3.05, 3.63) is 6.07 Å². The van der Waals surface area contributed by atoms with Crippen LogP contribution >= 0.6 is 11.8 Å². The SMILES string of the molecule is CCCNc1cc(NCCCS(N)(=O)=O)nc(SC)n1. The standard InChI is InChI=1S/C11H21N5O2S2/c1-3-5-13-9-8-10(16-11(15-9)19-2)14-6-4-7-20(12,17)18/h8H,3-7H2,1-2H3,(H2,12,17,18)(H2,13,14,15,16). The highest BCUT2D eigenvalue weighted by molar-refractivity contribution is 7.98. The fraction of sp³-hybridized carbons (Fsp3) is 0.636. The molecule has 0 saturated carbocycles. The van der Waals surface area contributed by atoms with Crippen LogP contribution in [0.4, 0.5) is 11.6 Å². The molecule has 4 N–H and O–H groups in total. The first-order chi connectivity index (χ1) is 9.44. The van der Waals surface area contributed by atoms with Gasteiger partial charge >= 0.3 is 0 Å². The minimum atomic E-state index is -3.40. The maximum atomic E-state index is 10.8. The van der Waals surface area contributed by atoms with Gasteiger partial charge in [0.05, 0.1) is 5.75 Å². The van der Waals surface area contributed by atoms with Gasteiger partial charge in [-0.25, -0.2) is 23.5 Å². The Morgan fingerprint density at radius 3 is 2.35 bits per heavy atom. The molecule has 9 heteroatoms. The molecule has 0 spiro atoms. The normalized spacial score (nSPS) is 11.3. The van der Waals surface area contributed by atoms with Gasteiger partial charge in [-0.2, -0.15) is 0 Å². The number of nitrogens with one attached hydrogen (secondary N) is 2. The molecule has 0 saturated heterocycles. The molecule has 0 atom stereocenters. The average Bonchev–Trinajstić information content (AvgIpc) is 2.40. The zero-order chi connectivity index (χ0) is 15.0. The number of sulfonamides is 1. The number of nitrogens with zero attached hydrogens (tertiary/aromatic N) is 2. The summed E-state index contributed by atoms with van der Waals surface area (Å²) in [5.74, 6) is 1.40. The second-order valence-electron chi connectivity index (χ2n) is 4.20. The fourth-order valence-corrected chi connectivity index (χ4v) is 2.37. The fourth-order valence-electron chi connectivity index (χ4n) is 1.44. The molecule has 0 unspecified atom stereocenters. The zero-order valence-electron chi connectivity index (χ0n) is 11.7. The molecular weight excluding hydrogens is 298 g/mol. The second kappa shape index (κ2) is 8.28. The van der Waals surface area contributed by atoms with Crippen molar-refractivity contribution >= 4 is 33.4 Å². The van der Waals surface area contributed by atoms with E-state index in [1.807, 2.05) is 12.3 Å². The molecule has 1 heterocycles. The maximum absolute atomic E-state index is 10.8. The van der Waals surface area contributed by atoms with Gasteiger partial charge in [0.25, 0.3) is 0 Å². The molecular formula is C11H21N5O2S2. The Balaban J connectivity index is 2.59. The number of rotatable bonds is 9. The highest BCUT2D eigenvalue weighted by atomic mass is 32.2. The number of nitrogens with two attached hydrogens (primary N) is 1. The monoisotopic (exact) mass is 319 g/mol. The van der Waals surface area contributed by atoms with Crippen molar-refractivity contribution in [2.24, 2.45) is 5.14 Å². The average molecular weight is 319 g/mol. The lowest BCUT2D eigenvalue weighted by Gasteiger charge is -2.10. The third kappa shape index (κ3) is 6.92. The van der Waals surface area contributed by atoms with Crippen LogP contribution in [0.15, 0.2) is 11.2 Å². The van der Waals surface area contributed by atoms with E-state index >= 15 is 0 Å². The van der Waals surface area contributed by atoms with Crippen LogP contribution in [-0.4, -0.2) is 43.5 Å². The molecule has 1 aromatic heterocycles. The summed E-state index contributed by atoms with van der Waals surface area (Å²) in [7, 11) is -3.40. The van der Waals surface area contributed by atoms with E-state index in [1.54, 1.807) is 0 Å². The van der Waals surface area contributed by atoms with Crippen LogP contribution in [0.1, 0.15) is 19.8 Å². The van der Waals surface area contributed by atoms with Crippen LogP contribution in [0.25, 0.3) is 0 Å². The first-order valence-electron chi connectivity index (χ1n) is 6.36. The Kier molecular flexibility index (Phi) is 7.03. The summed E-state index contributed by atoms with van der Waals surface area (Å²) >= 11 is 1.46. The van der Waals surface area contributed by atoms with Gasteiger partial charge in [-0.05, 0) is 19.1 Å². The molecule has 0 bridgehead atoms. The summed E-state index contributed by atoms with van der Waals surface area (Å²) in [6, 6.07) is 1.81. The summed E-state index contributed by atoms with van der Waals surface area (Å²) in [4.78, 5) is 8.66. The largest absolute Gasteiger partial charge is 0.370 e. The Morgan fingerprint density at radius 1 is 1.25 bits per heavy atom. The molecule has 20 heavy (non-hydrogen) atoms. The van der Waals surface area contributed by atoms with Gasteiger partial charge in [-0.1, -0.05) is 18.7 Å². The predicted octanol–water partition coefficient (Wildman–Crippen LogP) is 1.11. The molecule has 0 radical (unpaired) electrons. The molecule has 0 fully saturated rings. The smallest absolute Gasteiger partial charge is 0.209 e. The van der Waals surface area contributed by atoms with E-state index < -0.39 is 10.0 Å². The van der Waals surface area contributed by atoms with E-state index in [1.165, 1.54) is 11.8 Å². The molecule has 0 aliphatic heterocycles. The molecule has 7 nitrogen and oxygen atoms in total. The lowest BCUT2D eigenvalue weighted by molar-refractivity contribution is 0.595. The molecule has 0 aromatic carbocycles. The van der Waals surface area contributed by atoms with Crippen molar-refractivity contribution in [1.29, 1.82) is 0 Å². The maximum Gasteiger partial charge on any atom is 0.209 e. The lowest BCUT2D eigenvalue weighted by atomic mass is 10.4. The third-order valence-electron chi connectivity index (χ3n) is 2.36. The summed E-state index contributed by atoms with van der Waals surface area (Å²) in [6.45, 7) is 3.42. The number of primary sulfonamides is 1. The van der Waals surface area contributed by atoms with Crippen LogP contribution in [0.5, 0.6) is 0 Å². The van der Waals surface area contributed by atoms with Crippen molar-refractivity contribution in [2.75, 3.05) is 35.7 Å². The first kappa shape index (κ1) is 17.0. The van der Waals surface area contributed by atoms with Crippen molar-refractivity contribution in [2.45, 2.75) is 24.9 Å². The molecule has 1 aromatic rings. The molecule has 0 aliphatic rings. The van der Waals surface area contributed by atoms with Gasteiger partial charge < -0.3 is 10.6 Å². The quantitative estimate of drug-likeness (QED) is 0.355. The highest BCUT2D eigenvalue weighted by Crippen LogP contribution is 2.17. The van der Waals surface area contributed by atoms with Crippen LogP contribution in [0.2, 0.25) is 0 Å². The van der Waals surface area contributed by atoms with E-state index in [9.17, 15) is 8.42 Å². The van der Waals surface area contributed by atoms with Crippen molar-refractivity contribution in [3.63, 3.8) is 0 Å². The lowest BCUT2D eigenvalue weighted by Crippen LogP contribution is -2.19. The van der Waals surface area contributed by atoms with Crippen molar-refractivity contribution < 1.29 is 8.42 Å². The summed E-state index contributed by atoms with van der Waals surface area (Å²) in [5, 5.41) is 11.9. The van der Waals surface area contributed by atoms with Gasteiger partial charge in [0, 0.05) is 19.2 Å². The minimum Gasteiger partial charge on any atom is -0.370 e. The van der Waals surface area contributed by atoms with Crippen LogP contribution < -0.4 is 15.8 Å². The molecule has 1 rings (SSSR count). The van der Waals surface area contributed by atoms with E-state index in [4.69, 9.17) is 5.14 Å². The van der Waals surface area contributed by atoms with Crippen LogP contribution in [0.3, 0.4) is 0 Å². The van der Waals surface area contributed by atoms with Crippen LogP contribution in [-0.2, 0) is 10.0 Å². The highest BCUT2D eigenvalue weighted by Gasteiger charge is 2.05. The molecule has 0 aliphatic carbocycles. The second-order valence-corrected chi connectivity index (χ2v) is 6.71. The summed E-state index contributed by atoms with van der Waals surface area (Å²) < 4.78 is 21.7. The predicted molar refractivity (Wildman–Crippen MR) is 83.7 cm³/mol. The Hall–Kier alpha value is -1.06. The van der Waals surface area contributed by atoms with E-state index in [-0.39, 0.29) is 5.75 Å². The Bertz CT molecular complexity index is 522. The van der Waals surface area contributed by atoms with E-state index in [0.29, 0.717) is 23.9 Å². The van der Waals surface area contributed by atoms with Gasteiger partial charge in [0.2, 0.25) is 10.0 Å². The number of hydrogen-bond acceptors (Lipinski definition) is 7. The third-order valence-corrected chi connectivity index (χ3v) is 3.76. The Labute approximate surface area is 124 Å². The van der Waals surface area contributed by atoms with Gasteiger partial charge in [-0.3, -0.25) is 0 Å². The number of thioether (sulfide) groups is 1. The van der Waals surface area contributed by atoms with Gasteiger partial charge in [0.15, 0.2) is 5.16 Å². The number of anilines is 2. The van der Waals surface area contributed by atoms with Gasteiger partial charge in [0.1, 0.15) is 11.6 Å².